The summed E-state index contributed by atoms with van der Waals surface area (Å²) in [5.41, 5.74) is 0.122. The lowest BCUT2D eigenvalue weighted by molar-refractivity contribution is 0.0697. The molecule has 0 radical (unpaired) electrons. The molecule has 1 saturated heterocycles. The van der Waals surface area contributed by atoms with Gasteiger partial charge in [0, 0.05) is 6.61 Å². The van der Waals surface area contributed by atoms with E-state index < -0.39 is 5.97 Å². The van der Waals surface area contributed by atoms with Gasteiger partial charge in [0.15, 0.2) is 0 Å². The summed E-state index contributed by atoms with van der Waals surface area (Å²) in [5, 5.41) is 12.2. The van der Waals surface area contributed by atoms with Crippen molar-refractivity contribution in [2.75, 3.05) is 11.9 Å². The minimum absolute atomic E-state index is 0.0695. The molecule has 5 nitrogen and oxygen atoms in total. The molecule has 0 amide bonds. The molecule has 0 saturated carbocycles. The number of carbonyl (C=O) groups is 1. The van der Waals surface area contributed by atoms with Crippen LogP contribution in [-0.4, -0.2) is 34.8 Å². The fourth-order valence-electron chi connectivity index (χ4n) is 2.02. The van der Waals surface area contributed by atoms with E-state index in [2.05, 4.69) is 10.3 Å². The van der Waals surface area contributed by atoms with Crippen molar-refractivity contribution in [3.63, 3.8) is 0 Å². The first-order valence-electron chi connectivity index (χ1n) is 5.85. The molecule has 2 rings (SSSR count). The standard InChI is InChI=1S/C12H15ClN2O3/c1-7(9-3-2-4-18-9)14-11-6-8(12(16)17)5-10(13)15-11/h5-7,9H,2-4H2,1H3,(H,14,15)(H,16,17). The number of ether oxygens (including phenoxy) is 1. The lowest BCUT2D eigenvalue weighted by Crippen LogP contribution is -2.30. The van der Waals surface area contributed by atoms with E-state index >= 15 is 0 Å². The summed E-state index contributed by atoms with van der Waals surface area (Å²) in [6.07, 6.45) is 2.19. The van der Waals surface area contributed by atoms with Crippen molar-refractivity contribution >= 4 is 23.4 Å². The molecule has 0 aromatic carbocycles. The van der Waals surface area contributed by atoms with Crippen LogP contribution in [0, 0.1) is 0 Å². The third kappa shape index (κ3) is 3.11. The topological polar surface area (TPSA) is 71.5 Å². The van der Waals surface area contributed by atoms with Crippen molar-refractivity contribution in [2.45, 2.75) is 31.9 Å². The maximum Gasteiger partial charge on any atom is 0.335 e. The normalized spacial score (nSPS) is 20.7. The lowest BCUT2D eigenvalue weighted by Gasteiger charge is -2.20. The van der Waals surface area contributed by atoms with Crippen LogP contribution in [0.4, 0.5) is 5.82 Å². The summed E-state index contributed by atoms with van der Waals surface area (Å²) in [6, 6.07) is 2.87. The number of aromatic carboxylic acids is 1. The number of pyridine rings is 1. The SMILES string of the molecule is CC(Nc1cc(C(=O)O)cc(Cl)n1)C1CCCO1. The summed E-state index contributed by atoms with van der Waals surface area (Å²) in [7, 11) is 0. The number of nitrogens with one attached hydrogen (secondary N) is 1. The van der Waals surface area contributed by atoms with Crippen LogP contribution in [-0.2, 0) is 4.74 Å². The molecule has 2 heterocycles. The van der Waals surface area contributed by atoms with E-state index in [1.165, 1.54) is 12.1 Å². The van der Waals surface area contributed by atoms with E-state index in [-0.39, 0.29) is 22.9 Å². The van der Waals surface area contributed by atoms with Crippen molar-refractivity contribution in [3.8, 4) is 0 Å². The van der Waals surface area contributed by atoms with E-state index in [1.54, 1.807) is 0 Å². The number of carboxylic acids is 1. The fraction of sp³-hybridized carbons (Fsp3) is 0.500. The summed E-state index contributed by atoms with van der Waals surface area (Å²) in [6.45, 7) is 2.76. The molecule has 98 valence electrons. The molecule has 0 spiro atoms. The largest absolute Gasteiger partial charge is 0.478 e. The summed E-state index contributed by atoms with van der Waals surface area (Å²) < 4.78 is 5.56. The smallest absolute Gasteiger partial charge is 0.335 e. The Morgan fingerprint density at radius 1 is 1.67 bits per heavy atom. The van der Waals surface area contributed by atoms with Crippen molar-refractivity contribution < 1.29 is 14.6 Å². The molecule has 1 aliphatic rings. The number of hydrogen-bond donors (Lipinski definition) is 2. The van der Waals surface area contributed by atoms with Crippen LogP contribution in [0.25, 0.3) is 0 Å². The van der Waals surface area contributed by atoms with Gasteiger partial charge in [-0.3, -0.25) is 0 Å². The predicted octanol–water partition coefficient (Wildman–Crippen LogP) is 2.41. The maximum absolute atomic E-state index is 10.9. The molecule has 6 heteroatoms. The molecule has 0 aliphatic carbocycles. The minimum Gasteiger partial charge on any atom is -0.478 e. The molecule has 18 heavy (non-hydrogen) atoms. The Bertz CT molecular complexity index is 447. The van der Waals surface area contributed by atoms with Gasteiger partial charge < -0.3 is 15.2 Å². The van der Waals surface area contributed by atoms with Gasteiger partial charge in [-0.1, -0.05) is 11.6 Å². The number of nitrogens with zero attached hydrogens (tertiary/aromatic N) is 1. The predicted molar refractivity (Wildman–Crippen MR) is 68.3 cm³/mol. The van der Waals surface area contributed by atoms with Gasteiger partial charge in [0.05, 0.1) is 17.7 Å². The Hall–Kier alpha value is -1.33. The Morgan fingerprint density at radius 3 is 3.06 bits per heavy atom. The Morgan fingerprint density at radius 2 is 2.44 bits per heavy atom. The first kappa shape index (κ1) is 13.1. The third-order valence-electron chi connectivity index (χ3n) is 2.94. The van der Waals surface area contributed by atoms with Crippen LogP contribution in [0.5, 0.6) is 0 Å². The molecule has 2 N–H and O–H groups in total. The Kier molecular flexibility index (Phi) is 4.04. The van der Waals surface area contributed by atoms with Gasteiger partial charge in [0.25, 0.3) is 0 Å². The number of carboxylic acid groups (broad SMARTS) is 1. The average molecular weight is 271 g/mol. The monoisotopic (exact) mass is 270 g/mol. The maximum atomic E-state index is 10.9. The molecule has 0 bridgehead atoms. The second-order valence-electron chi connectivity index (χ2n) is 4.35. The van der Waals surface area contributed by atoms with E-state index in [4.69, 9.17) is 21.4 Å². The van der Waals surface area contributed by atoms with E-state index in [9.17, 15) is 4.79 Å². The molecule has 1 aliphatic heterocycles. The average Bonchev–Trinajstić information content (AvgIpc) is 2.81. The lowest BCUT2D eigenvalue weighted by atomic mass is 10.1. The summed E-state index contributed by atoms with van der Waals surface area (Å²) >= 11 is 5.79. The van der Waals surface area contributed by atoms with E-state index in [1.807, 2.05) is 6.92 Å². The number of anilines is 1. The van der Waals surface area contributed by atoms with Gasteiger partial charge in [-0.2, -0.15) is 0 Å². The molecule has 2 atom stereocenters. The van der Waals surface area contributed by atoms with Crippen LogP contribution in [0.2, 0.25) is 5.15 Å². The minimum atomic E-state index is -1.02. The highest BCUT2D eigenvalue weighted by Gasteiger charge is 2.22. The molecule has 1 aromatic rings. The van der Waals surface area contributed by atoms with Crippen molar-refractivity contribution in [1.82, 2.24) is 4.98 Å². The van der Waals surface area contributed by atoms with Crippen LogP contribution < -0.4 is 5.32 Å². The van der Waals surface area contributed by atoms with Crippen molar-refractivity contribution in [1.29, 1.82) is 0 Å². The number of aromatic nitrogens is 1. The number of halogens is 1. The van der Waals surface area contributed by atoms with E-state index in [0.29, 0.717) is 5.82 Å². The summed E-state index contributed by atoms with van der Waals surface area (Å²) in [4.78, 5) is 15.0. The van der Waals surface area contributed by atoms with Crippen LogP contribution in [0.3, 0.4) is 0 Å². The van der Waals surface area contributed by atoms with Gasteiger partial charge in [-0.05, 0) is 31.9 Å². The zero-order chi connectivity index (χ0) is 13.1. The van der Waals surface area contributed by atoms with Crippen LogP contribution in [0.1, 0.15) is 30.1 Å². The quantitative estimate of drug-likeness (QED) is 0.822. The highest BCUT2D eigenvalue weighted by atomic mass is 35.5. The van der Waals surface area contributed by atoms with Gasteiger partial charge in [0.2, 0.25) is 0 Å². The van der Waals surface area contributed by atoms with Gasteiger partial charge in [-0.15, -0.1) is 0 Å². The first-order valence-corrected chi connectivity index (χ1v) is 6.23. The van der Waals surface area contributed by atoms with Gasteiger partial charge >= 0.3 is 5.97 Å². The van der Waals surface area contributed by atoms with Crippen molar-refractivity contribution in [3.05, 3.63) is 22.8 Å². The number of rotatable bonds is 4. The van der Waals surface area contributed by atoms with Gasteiger partial charge in [-0.25, -0.2) is 9.78 Å². The second kappa shape index (κ2) is 5.54. The highest BCUT2D eigenvalue weighted by molar-refractivity contribution is 6.29. The van der Waals surface area contributed by atoms with Crippen molar-refractivity contribution in [2.24, 2.45) is 0 Å². The summed E-state index contributed by atoms with van der Waals surface area (Å²) in [5.74, 6) is -0.560. The number of hydrogen-bond acceptors (Lipinski definition) is 4. The first-order chi connectivity index (χ1) is 8.56. The third-order valence-corrected chi connectivity index (χ3v) is 3.13. The second-order valence-corrected chi connectivity index (χ2v) is 4.74. The zero-order valence-electron chi connectivity index (χ0n) is 10.0. The highest BCUT2D eigenvalue weighted by Crippen LogP contribution is 2.20. The molecule has 1 fully saturated rings. The fourth-order valence-corrected chi connectivity index (χ4v) is 2.23. The molecule has 1 aromatic heterocycles. The van der Waals surface area contributed by atoms with Crippen LogP contribution >= 0.6 is 11.6 Å². The molecular weight excluding hydrogens is 256 g/mol. The zero-order valence-corrected chi connectivity index (χ0v) is 10.8. The Balaban J connectivity index is 2.10. The molecule has 2 unspecified atom stereocenters. The van der Waals surface area contributed by atoms with Crippen LogP contribution in [0.15, 0.2) is 12.1 Å². The van der Waals surface area contributed by atoms with E-state index in [0.717, 1.165) is 19.4 Å². The Labute approximate surface area is 110 Å². The van der Waals surface area contributed by atoms with Gasteiger partial charge in [0.1, 0.15) is 11.0 Å². The molecular formula is C12H15ClN2O3.